The molecular formula is C18H21N5O5. The van der Waals surface area contributed by atoms with Crippen molar-refractivity contribution in [1.82, 2.24) is 19.5 Å². The van der Waals surface area contributed by atoms with Gasteiger partial charge in [0.15, 0.2) is 11.2 Å². The van der Waals surface area contributed by atoms with Gasteiger partial charge in [-0.25, -0.2) is 4.98 Å². The SMILES string of the molecule is CC(=O)OC[C@@H](COCc1ccccc1)OCn1cnc2c(=O)[nH]c(N)nc21. The summed E-state index contributed by atoms with van der Waals surface area (Å²) in [5.41, 5.74) is 6.64. The molecule has 0 amide bonds. The lowest BCUT2D eigenvalue weighted by atomic mass is 10.2. The number of nitrogens with two attached hydrogens (primary N) is 1. The number of benzene rings is 1. The number of H-pyrrole nitrogens is 1. The van der Waals surface area contributed by atoms with Crippen molar-refractivity contribution in [2.75, 3.05) is 18.9 Å². The number of nitrogen functional groups attached to an aromatic ring is 1. The molecule has 0 aliphatic heterocycles. The fraction of sp³-hybridized carbons (Fsp3) is 0.333. The van der Waals surface area contributed by atoms with Crippen molar-refractivity contribution in [2.45, 2.75) is 26.4 Å². The predicted molar refractivity (Wildman–Crippen MR) is 100 cm³/mol. The van der Waals surface area contributed by atoms with E-state index < -0.39 is 17.6 Å². The third-order valence-electron chi connectivity index (χ3n) is 3.83. The van der Waals surface area contributed by atoms with E-state index in [0.29, 0.717) is 12.3 Å². The van der Waals surface area contributed by atoms with Crippen LogP contribution in [-0.2, 0) is 32.3 Å². The van der Waals surface area contributed by atoms with Crippen LogP contribution in [0.4, 0.5) is 5.95 Å². The zero-order valence-electron chi connectivity index (χ0n) is 15.3. The number of carbonyl (C=O) groups is 1. The Morgan fingerprint density at radius 1 is 1.29 bits per heavy atom. The summed E-state index contributed by atoms with van der Waals surface area (Å²) in [5.74, 6) is -0.423. The minimum atomic E-state index is -0.510. The predicted octanol–water partition coefficient (Wildman–Crippen LogP) is 0.824. The molecule has 28 heavy (non-hydrogen) atoms. The highest BCUT2D eigenvalue weighted by atomic mass is 16.6. The van der Waals surface area contributed by atoms with E-state index >= 15 is 0 Å². The van der Waals surface area contributed by atoms with Crippen molar-refractivity contribution >= 4 is 23.1 Å². The Labute approximate surface area is 160 Å². The van der Waals surface area contributed by atoms with Crippen molar-refractivity contribution in [3.63, 3.8) is 0 Å². The van der Waals surface area contributed by atoms with Crippen LogP contribution in [-0.4, -0.2) is 44.8 Å². The normalized spacial score (nSPS) is 12.2. The number of hydrogen-bond acceptors (Lipinski definition) is 8. The van der Waals surface area contributed by atoms with Crippen LogP contribution in [0.15, 0.2) is 41.5 Å². The maximum Gasteiger partial charge on any atom is 0.302 e. The lowest BCUT2D eigenvalue weighted by Gasteiger charge is -2.18. The Bertz CT molecular complexity index is 985. The largest absolute Gasteiger partial charge is 0.463 e. The first-order valence-corrected chi connectivity index (χ1v) is 8.60. The van der Waals surface area contributed by atoms with Gasteiger partial charge < -0.3 is 19.9 Å². The molecule has 2 heterocycles. The van der Waals surface area contributed by atoms with E-state index in [9.17, 15) is 9.59 Å². The van der Waals surface area contributed by atoms with Crippen molar-refractivity contribution in [3.05, 3.63) is 52.6 Å². The zero-order chi connectivity index (χ0) is 19.9. The lowest BCUT2D eigenvalue weighted by Crippen LogP contribution is -2.27. The summed E-state index contributed by atoms with van der Waals surface area (Å²) in [5, 5.41) is 0. The topological polar surface area (TPSA) is 134 Å². The Kier molecular flexibility index (Phi) is 6.35. The second-order valence-corrected chi connectivity index (χ2v) is 6.06. The summed E-state index contributed by atoms with van der Waals surface area (Å²) < 4.78 is 18.1. The van der Waals surface area contributed by atoms with E-state index in [2.05, 4.69) is 15.0 Å². The molecule has 10 heteroatoms. The van der Waals surface area contributed by atoms with Crippen molar-refractivity contribution < 1.29 is 19.0 Å². The summed E-state index contributed by atoms with van der Waals surface area (Å²) in [6.07, 6.45) is 0.921. The van der Waals surface area contributed by atoms with Crippen LogP contribution in [0.1, 0.15) is 12.5 Å². The van der Waals surface area contributed by atoms with Crippen LogP contribution in [0.5, 0.6) is 0 Å². The summed E-state index contributed by atoms with van der Waals surface area (Å²) >= 11 is 0. The standard InChI is InChI=1S/C18H21N5O5/c1-12(24)27-9-14(8-26-7-13-5-3-2-4-6-13)28-11-23-10-20-15-16(23)21-18(19)22-17(15)25/h2-6,10,14H,7-9,11H2,1H3,(H3,19,21,22,25)/t14-/m1/s1. The van der Waals surface area contributed by atoms with Crippen molar-refractivity contribution in [1.29, 1.82) is 0 Å². The molecule has 148 valence electrons. The molecule has 0 fully saturated rings. The van der Waals surface area contributed by atoms with Crippen molar-refractivity contribution in [2.24, 2.45) is 0 Å². The average molecular weight is 387 g/mol. The number of aromatic nitrogens is 4. The second kappa shape index (κ2) is 9.11. The van der Waals surface area contributed by atoms with E-state index in [-0.39, 0.29) is 31.4 Å². The molecule has 0 spiro atoms. The van der Waals surface area contributed by atoms with Crippen molar-refractivity contribution in [3.8, 4) is 0 Å². The summed E-state index contributed by atoms with van der Waals surface area (Å²) in [6.45, 7) is 2.01. The quantitative estimate of drug-likeness (QED) is 0.516. The molecule has 0 saturated carbocycles. The highest BCUT2D eigenvalue weighted by Crippen LogP contribution is 2.09. The number of hydrogen-bond donors (Lipinski definition) is 2. The Morgan fingerprint density at radius 3 is 2.82 bits per heavy atom. The minimum Gasteiger partial charge on any atom is -0.463 e. The number of nitrogens with zero attached hydrogens (tertiary/aromatic N) is 3. The number of rotatable bonds is 9. The van der Waals surface area contributed by atoms with E-state index in [1.807, 2.05) is 30.3 Å². The van der Waals surface area contributed by atoms with Gasteiger partial charge in [0.2, 0.25) is 5.95 Å². The number of carbonyl (C=O) groups excluding carboxylic acids is 1. The number of fused-ring (bicyclic) bond motifs is 1. The van der Waals surface area contributed by atoms with Gasteiger partial charge in [-0.05, 0) is 5.56 Å². The fourth-order valence-corrected chi connectivity index (χ4v) is 2.49. The van der Waals surface area contributed by atoms with Gasteiger partial charge in [0, 0.05) is 6.92 Å². The molecule has 1 aromatic carbocycles. The number of anilines is 1. The molecule has 3 N–H and O–H groups in total. The van der Waals surface area contributed by atoms with Crippen LogP contribution in [0, 0.1) is 0 Å². The molecule has 0 unspecified atom stereocenters. The first-order valence-electron chi connectivity index (χ1n) is 8.60. The third kappa shape index (κ3) is 5.15. The molecule has 10 nitrogen and oxygen atoms in total. The van der Waals surface area contributed by atoms with Gasteiger partial charge in [-0.1, -0.05) is 30.3 Å². The molecule has 3 aromatic rings. The zero-order valence-corrected chi connectivity index (χ0v) is 15.3. The molecule has 2 aromatic heterocycles. The highest BCUT2D eigenvalue weighted by Gasteiger charge is 2.15. The van der Waals surface area contributed by atoms with Gasteiger partial charge in [-0.15, -0.1) is 0 Å². The maximum absolute atomic E-state index is 11.8. The molecule has 0 bridgehead atoms. The van der Waals surface area contributed by atoms with Crippen LogP contribution in [0.3, 0.4) is 0 Å². The van der Waals surface area contributed by atoms with E-state index in [1.165, 1.54) is 13.3 Å². The lowest BCUT2D eigenvalue weighted by molar-refractivity contribution is -0.149. The molecule has 0 saturated heterocycles. The minimum absolute atomic E-state index is 0.0121. The molecule has 1 atom stereocenters. The fourth-order valence-electron chi connectivity index (χ4n) is 2.49. The molecule has 0 aliphatic rings. The average Bonchev–Trinajstić information content (AvgIpc) is 3.07. The number of esters is 1. The number of nitrogens with one attached hydrogen (secondary N) is 1. The summed E-state index contributed by atoms with van der Waals surface area (Å²) in [4.78, 5) is 33.4. The van der Waals surface area contributed by atoms with Gasteiger partial charge in [-0.3, -0.25) is 19.1 Å². The Balaban J connectivity index is 1.62. The smallest absolute Gasteiger partial charge is 0.302 e. The summed E-state index contributed by atoms with van der Waals surface area (Å²) in [7, 11) is 0. The van der Waals surface area contributed by atoms with E-state index in [4.69, 9.17) is 19.9 Å². The monoisotopic (exact) mass is 387 g/mol. The van der Waals surface area contributed by atoms with Crippen LogP contribution in [0.2, 0.25) is 0 Å². The van der Waals surface area contributed by atoms with Crippen LogP contribution < -0.4 is 11.3 Å². The number of aromatic amines is 1. The van der Waals surface area contributed by atoms with Gasteiger partial charge in [-0.2, -0.15) is 4.98 Å². The van der Waals surface area contributed by atoms with Gasteiger partial charge in [0.25, 0.3) is 5.56 Å². The highest BCUT2D eigenvalue weighted by molar-refractivity contribution is 5.70. The molecule has 0 radical (unpaired) electrons. The first kappa shape index (κ1) is 19.5. The number of ether oxygens (including phenoxy) is 3. The summed E-state index contributed by atoms with van der Waals surface area (Å²) in [6, 6.07) is 9.68. The molecular weight excluding hydrogens is 366 g/mol. The van der Waals surface area contributed by atoms with E-state index in [0.717, 1.165) is 5.56 Å². The number of imidazole rings is 1. The van der Waals surface area contributed by atoms with Crippen LogP contribution in [0.25, 0.3) is 11.2 Å². The second-order valence-electron chi connectivity index (χ2n) is 6.06. The molecule has 3 rings (SSSR count). The van der Waals surface area contributed by atoms with Gasteiger partial charge >= 0.3 is 5.97 Å². The first-order chi connectivity index (χ1) is 13.5. The Morgan fingerprint density at radius 2 is 2.07 bits per heavy atom. The van der Waals surface area contributed by atoms with Gasteiger partial charge in [0.05, 0.1) is 19.5 Å². The molecule has 0 aliphatic carbocycles. The van der Waals surface area contributed by atoms with Gasteiger partial charge in [0.1, 0.15) is 19.4 Å². The maximum atomic E-state index is 11.8. The van der Waals surface area contributed by atoms with Crippen LogP contribution >= 0.6 is 0 Å². The third-order valence-corrected chi connectivity index (χ3v) is 3.83. The van der Waals surface area contributed by atoms with E-state index in [1.54, 1.807) is 4.57 Å². The Hall–Kier alpha value is -3.24.